The summed E-state index contributed by atoms with van der Waals surface area (Å²) >= 11 is 12.0. The van der Waals surface area contributed by atoms with Crippen LogP contribution in [0.25, 0.3) is 5.69 Å². The minimum Gasteiger partial charge on any atom is -0.279 e. The predicted octanol–water partition coefficient (Wildman–Crippen LogP) is 3.07. The monoisotopic (exact) mass is 297 g/mol. The van der Waals surface area contributed by atoms with Gasteiger partial charge in [0, 0.05) is 18.0 Å². The zero-order chi connectivity index (χ0) is 13.4. The highest BCUT2D eigenvalue weighted by molar-refractivity contribution is 6.35. The first kappa shape index (κ1) is 12.8. The lowest BCUT2D eigenvalue weighted by Crippen LogP contribution is -2.24. The van der Waals surface area contributed by atoms with E-state index in [9.17, 15) is 4.79 Å². The number of fused-ring (bicyclic) bond motifs is 1. The van der Waals surface area contributed by atoms with E-state index in [-0.39, 0.29) is 5.69 Å². The number of benzene rings is 1. The van der Waals surface area contributed by atoms with Crippen molar-refractivity contribution in [2.45, 2.75) is 32.2 Å². The van der Waals surface area contributed by atoms with Crippen LogP contribution < -0.4 is 5.69 Å². The Bertz CT molecular complexity index is 675. The van der Waals surface area contributed by atoms with Crippen molar-refractivity contribution >= 4 is 23.2 Å². The van der Waals surface area contributed by atoms with Crippen LogP contribution in [-0.4, -0.2) is 14.3 Å². The summed E-state index contributed by atoms with van der Waals surface area (Å²) in [4.78, 5) is 12.4. The van der Waals surface area contributed by atoms with Crippen molar-refractivity contribution in [3.05, 3.63) is 44.6 Å². The molecule has 1 aliphatic rings. The summed E-state index contributed by atoms with van der Waals surface area (Å²) in [7, 11) is 0. The highest BCUT2D eigenvalue weighted by atomic mass is 35.5. The van der Waals surface area contributed by atoms with E-state index in [1.54, 1.807) is 22.8 Å². The summed E-state index contributed by atoms with van der Waals surface area (Å²) in [6.07, 6.45) is 4.08. The normalized spacial score (nSPS) is 15.1. The molecule has 3 rings (SSSR count). The van der Waals surface area contributed by atoms with E-state index < -0.39 is 0 Å². The Balaban J connectivity index is 2.13. The van der Waals surface area contributed by atoms with Gasteiger partial charge in [-0.3, -0.25) is 4.57 Å². The van der Waals surface area contributed by atoms with Gasteiger partial charge in [0.1, 0.15) is 5.82 Å². The van der Waals surface area contributed by atoms with E-state index in [4.69, 9.17) is 23.2 Å². The molecule has 0 amide bonds. The lowest BCUT2D eigenvalue weighted by Gasteiger charge is -2.03. The molecule has 100 valence electrons. The van der Waals surface area contributed by atoms with E-state index in [1.807, 2.05) is 0 Å². The molecule has 0 N–H and O–H groups in total. The number of aromatic nitrogens is 3. The SMILES string of the molecule is O=c1n(-c2ccc(Cl)cc2Cl)nc2n1CCCCC2. The fourth-order valence-corrected chi connectivity index (χ4v) is 2.87. The standard InChI is InChI=1S/C13H13Cl2N3O/c14-9-5-6-11(10(15)8-9)18-13(19)17-7-3-1-2-4-12(17)16-18/h5-6,8H,1-4,7H2. The van der Waals surface area contributed by atoms with Crippen LogP contribution in [0.15, 0.2) is 23.0 Å². The third-order valence-corrected chi connectivity index (χ3v) is 3.90. The first-order chi connectivity index (χ1) is 9.16. The smallest absolute Gasteiger partial charge is 0.279 e. The molecule has 1 aromatic heterocycles. The molecule has 0 fully saturated rings. The average Bonchev–Trinajstić information content (AvgIpc) is 2.57. The van der Waals surface area contributed by atoms with E-state index in [2.05, 4.69) is 5.10 Å². The van der Waals surface area contributed by atoms with Crippen molar-refractivity contribution in [1.29, 1.82) is 0 Å². The van der Waals surface area contributed by atoms with Crippen molar-refractivity contribution in [2.75, 3.05) is 0 Å². The van der Waals surface area contributed by atoms with Gasteiger partial charge < -0.3 is 0 Å². The third-order valence-electron chi connectivity index (χ3n) is 3.36. The number of aryl methyl sites for hydroxylation is 1. The fourth-order valence-electron chi connectivity index (χ4n) is 2.39. The molecule has 0 atom stereocenters. The lowest BCUT2D eigenvalue weighted by atomic mass is 10.2. The molecule has 0 saturated carbocycles. The molecule has 19 heavy (non-hydrogen) atoms. The molecule has 4 nitrogen and oxygen atoms in total. The van der Waals surface area contributed by atoms with Crippen molar-refractivity contribution in [3.63, 3.8) is 0 Å². The molecular formula is C13H13Cl2N3O. The average molecular weight is 298 g/mol. The van der Waals surface area contributed by atoms with Crippen LogP contribution in [0.1, 0.15) is 25.1 Å². The maximum absolute atomic E-state index is 12.4. The first-order valence-corrected chi connectivity index (χ1v) is 7.06. The van der Waals surface area contributed by atoms with Crippen LogP contribution in [0.2, 0.25) is 10.0 Å². The number of hydrogen-bond donors (Lipinski definition) is 0. The van der Waals surface area contributed by atoms with Gasteiger partial charge in [-0.25, -0.2) is 4.79 Å². The van der Waals surface area contributed by atoms with Gasteiger partial charge in [-0.05, 0) is 31.0 Å². The number of hydrogen-bond acceptors (Lipinski definition) is 2. The zero-order valence-corrected chi connectivity index (χ0v) is 11.8. The highest BCUT2D eigenvalue weighted by Gasteiger charge is 2.17. The molecule has 1 aliphatic heterocycles. The number of halogens is 2. The molecule has 0 saturated heterocycles. The van der Waals surface area contributed by atoms with E-state index in [1.165, 1.54) is 4.68 Å². The molecule has 0 unspecified atom stereocenters. The van der Waals surface area contributed by atoms with Crippen molar-refractivity contribution in [1.82, 2.24) is 14.3 Å². The Morgan fingerprint density at radius 1 is 1.16 bits per heavy atom. The molecule has 0 radical (unpaired) electrons. The maximum Gasteiger partial charge on any atom is 0.350 e. The summed E-state index contributed by atoms with van der Waals surface area (Å²) in [5, 5.41) is 5.39. The van der Waals surface area contributed by atoms with E-state index >= 15 is 0 Å². The molecule has 6 heteroatoms. The summed E-state index contributed by atoms with van der Waals surface area (Å²) in [6, 6.07) is 5.05. The maximum atomic E-state index is 12.4. The molecule has 0 aliphatic carbocycles. The van der Waals surface area contributed by atoms with Gasteiger partial charge in [0.2, 0.25) is 0 Å². The summed E-state index contributed by atoms with van der Waals surface area (Å²) in [5.74, 6) is 0.841. The summed E-state index contributed by atoms with van der Waals surface area (Å²) in [5.41, 5.74) is 0.456. The van der Waals surface area contributed by atoms with Crippen LogP contribution in [0.3, 0.4) is 0 Å². The second-order valence-corrected chi connectivity index (χ2v) is 5.51. The Morgan fingerprint density at radius 3 is 2.79 bits per heavy atom. The Hall–Kier alpha value is -1.26. The van der Waals surface area contributed by atoms with Crippen LogP contribution >= 0.6 is 23.2 Å². The van der Waals surface area contributed by atoms with Gasteiger partial charge in [-0.1, -0.05) is 29.6 Å². The molecule has 1 aromatic carbocycles. The lowest BCUT2D eigenvalue weighted by molar-refractivity contribution is 0.610. The number of rotatable bonds is 1. The van der Waals surface area contributed by atoms with Gasteiger partial charge in [-0.15, -0.1) is 5.10 Å². The molecule has 0 bridgehead atoms. The summed E-state index contributed by atoms with van der Waals surface area (Å²) in [6.45, 7) is 0.735. The predicted molar refractivity (Wildman–Crippen MR) is 75.4 cm³/mol. The Labute approximate surface area is 120 Å². The molecule has 0 spiro atoms. The second-order valence-electron chi connectivity index (χ2n) is 4.67. The Morgan fingerprint density at radius 2 is 2.00 bits per heavy atom. The quantitative estimate of drug-likeness (QED) is 0.811. The van der Waals surface area contributed by atoms with Crippen molar-refractivity contribution in [3.8, 4) is 5.69 Å². The van der Waals surface area contributed by atoms with Crippen LogP contribution in [-0.2, 0) is 13.0 Å². The fraction of sp³-hybridized carbons (Fsp3) is 0.385. The van der Waals surface area contributed by atoms with Gasteiger partial charge in [0.15, 0.2) is 0 Å². The number of nitrogens with zero attached hydrogens (tertiary/aromatic N) is 3. The van der Waals surface area contributed by atoms with Crippen LogP contribution in [0.4, 0.5) is 0 Å². The third kappa shape index (κ3) is 2.30. The van der Waals surface area contributed by atoms with Gasteiger partial charge in [-0.2, -0.15) is 4.68 Å². The van der Waals surface area contributed by atoms with Gasteiger partial charge in [0.05, 0.1) is 10.7 Å². The minimum absolute atomic E-state index is 0.124. The van der Waals surface area contributed by atoms with Crippen LogP contribution in [0, 0.1) is 0 Å². The molecule has 2 heterocycles. The summed E-state index contributed by atoms with van der Waals surface area (Å²) < 4.78 is 3.12. The van der Waals surface area contributed by atoms with E-state index in [0.717, 1.165) is 38.1 Å². The van der Waals surface area contributed by atoms with E-state index in [0.29, 0.717) is 15.7 Å². The molecular weight excluding hydrogens is 285 g/mol. The zero-order valence-electron chi connectivity index (χ0n) is 10.3. The van der Waals surface area contributed by atoms with Crippen LogP contribution in [0.5, 0.6) is 0 Å². The van der Waals surface area contributed by atoms with Crippen molar-refractivity contribution in [2.24, 2.45) is 0 Å². The molecule has 2 aromatic rings. The minimum atomic E-state index is -0.124. The van der Waals surface area contributed by atoms with Crippen molar-refractivity contribution < 1.29 is 0 Å². The van der Waals surface area contributed by atoms with Gasteiger partial charge >= 0.3 is 5.69 Å². The first-order valence-electron chi connectivity index (χ1n) is 6.31. The Kier molecular flexibility index (Phi) is 3.37. The second kappa shape index (κ2) is 5.02. The van der Waals surface area contributed by atoms with Gasteiger partial charge in [0.25, 0.3) is 0 Å². The topological polar surface area (TPSA) is 39.8 Å². The highest BCUT2D eigenvalue weighted by Crippen LogP contribution is 2.23. The largest absolute Gasteiger partial charge is 0.350 e.